The van der Waals surface area contributed by atoms with Crippen LogP contribution in [-0.2, 0) is 28.4 Å². The molecule has 0 spiro atoms. The second-order valence-electron chi connectivity index (χ2n) is 14.5. The standard InChI is InChI=1S/C31H55N5O12/c1-29(2,3)47-27(40)34-13-16-10-9-11-20(44-16)45-23-18(36-28(41)48-30(4,5)6)12-17(35-19(32)14-37)24(21(23)38)46-26-22(39)25(33-8)31(7,42)15-43-26/h11,16-18,21-26,33,37-39,42H,9-10,12-15H2,1-8H3,(H2,32,35)(H,34,40)(H,36,41)/t16-,17+,18-,21?,22?,23?,24?,25+,26+,31?/m0/s1. The van der Waals surface area contributed by atoms with Gasteiger partial charge in [0.15, 0.2) is 12.4 Å². The van der Waals surface area contributed by atoms with Crippen molar-refractivity contribution in [3.8, 4) is 0 Å². The van der Waals surface area contributed by atoms with Crippen LogP contribution in [0.15, 0.2) is 17.0 Å². The summed E-state index contributed by atoms with van der Waals surface area (Å²) in [7, 11) is 1.57. The van der Waals surface area contributed by atoms with Crippen LogP contribution in [0.2, 0.25) is 0 Å². The first-order valence-electron chi connectivity index (χ1n) is 16.2. The Kier molecular flexibility index (Phi) is 13.3. The number of allylic oxidation sites excluding steroid dienone is 1. The third kappa shape index (κ3) is 11.3. The average Bonchev–Trinajstić information content (AvgIpc) is 2.95. The topological polar surface area (TPSA) is 245 Å². The first kappa shape index (κ1) is 39.5. The third-order valence-electron chi connectivity index (χ3n) is 7.78. The van der Waals surface area contributed by atoms with E-state index in [-0.39, 0.29) is 31.4 Å². The van der Waals surface area contributed by atoms with Crippen molar-refractivity contribution in [2.24, 2.45) is 10.7 Å². The molecule has 0 bridgehead atoms. The van der Waals surface area contributed by atoms with E-state index in [0.29, 0.717) is 12.8 Å². The van der Waals surface area contributed by atoms with Gasteiger partial charge in [-0.25, -0.2) is 9.59 Å². The zero-order valence-electron chi connectivity index (χ0n) is 29.1. The van der Waals surface area contributed by atoms with Crippen molar-refractivity contribution in [2.75, 3.05) is 26.8 Å². The van der Waals surface area contributed by atoms with Gasteiger partial charge in [0.05, 0.1) is 31.3 Å². The number of carbonyl (C=O) groups is 2. The van der Waals surface area contributed by atoms with Crippen LogP contribution in [0, 0.1) is 0 Å². The minimum Gasteiger partial charge on any atom is -0.460 e. The van der Waals surface area contributed by atoms with Gasteiger partial charge in [-0.2, -0.15) is 0 Å². The maximum atomic E-state index is 12.9. The van der Waals surface area contributed by atoms with Gasteiger partial charge in [-0.3, -0.25) is 4.99 Å². The minimum absolute atomic E-state index is 0.0147. The summed E-state index contributed by atoms with van der Waals surface area (Å²) in [5.74, 6) is -0.107. The highest BCUT2D eigenvalue weighted by Crippen LogP contribution is 2.34. The Hall–Kier alpha value is -2.93. The number of nitrogens with two attached hydrogens (primary N) is 1. The smallest absolute Gasteiger partial charge is 0.408 e. The van der Waals surface area contributed by atoms with Crippen LogP contribution in [0.3, 0.4) is 0 Å². The van der Waals surface area contributed by atoms with Crippen molar-refractivity contribution in [1.29, 1.82) is 0 Å². The molecule has 17 heteroatoms. The SMILES string of the molecule is CN[C@@H]1C(O)[C@@H](OC2C(O)C(OC3=CCC[C@@H](CNC(=O)OC(C)(C)C)O3)[C@@H](NC(=O)OC(C)(C)C)C[C@H]2N=C(N)CO)OCC1(C)O. The van der Waals surface area contributed by atoms with Crippen LogP contribution < -0.4 is 21.7 Å². The molecule has 5 unspecified atom stereocenters. The Labute approximate surface area is 281 Å². The van der Waals surface area contributed by atoms with Gasteiger partial charge < -0.3 is 70.5 Å². The molecule has 0 aromatic carbocycles. The Balaban J connectivity index is 1.87. The van der Waals surface area contributed by atoms with E-state index in [4.69, 9.17) is 34.2 Å². The summed E-state index contributed by atoms with van der Waals surface area (Å²) < 4.78 is 34.8. The summed E-state index contributed by atoms with van der Waals surface area (Å²) in [6, 6.07) is -2.75. The normalized spacial score (nSPS) is 34.7. The molecule has 48 heavy (non-hydrogen) atoms. The number of likely N-dealkylation sites (N-methyl/N-ethyl adjacent to an activating group) is 1. The highest BCUT2D eigenvalue weighted by molar-refractivity contribution is 5.81. The van der Waals surface area contributed by atoms with E-state index < -0.39 is 90.5 Å². The molecule has 17 nitrogen and oxygen atoms in total. The molecule has 1 aliphatic carbocycles. The lowest BCUT2D eigenvalue weighted by Crippen LogP contribution is -2.67. The lowest BCUT2D eigenvalue weighted by Gasteiger charge is -2.48. The number of amidine groups is 1. The van der Waals surface area contributed by atoms with Gasteiger partial charge in [0.2, 0.25) is 0 Å². The molecule has 2 fully saturated rings. The average molecular weight is 690 g/mol. The Morgan fingerprint density at radius 3 is 2.33 bits per heavy atom. The summed E-state index contributed by atoms with van der Waals surface area (Å²) in [4.78, 5) is 29.5. The zero-order valence-corrected chi connectivity index (χ0v) is 29.1. The van der Waals surface area contributed by atoms with Crippen LogP contribution in [0.25, 0.3) is 0 Å². The number of hydrogen-bond acceptors (Lipinski definition) is 14. The van der Waals surface area contributed by atoms with E-state index in [1.165, 1.54) is 6.92 Å². The summed E-state index contributed by atoms with van der Waals surface area (Å²) in [5.41, 5.74) is 2.96. The first-order valence-corrected chi connectivity index (χ1v) is 16.2. The van der Waals surface area contributed by atoms with E-state index in [9.17, 15) is 30.0 Å². The third-order valence-corrected chi connectivity index (χ3v) is 7.78. The number of carbonyl (C=O) groups excluding carboxylic acids is 2. The summed E-state index contributed by atoms with van der Waals surface area (Å²) in [6.07, 6.45) is -5.81. The number of amides is 2. The van der Waals surface area contributed by atoms with Crippen molar-refractivity contribution in [1.82, 2.24) is 16.0 Å². The molecule has 0 aromatic heterocycles. The highest BCUT2D eigenvalue weighted by Gasteiger charge is 2.52. The van der Waals surface area contributed by atoms with E-state index in [2.05, 4.69) is 20.9 Å². The zero-order chi connectivity index (χ0) is 36.0. The molecule has 276 valence electrons. The van der Waals surface area contributed by atoms with E-state index in [1.54, 1.807) is 54.7 Å². The van der Waals surface area contributed by atoms with E-state index in [0.717, 1.165) is 0 Å². The largest absolute Gasteiger partial charge is 0.460 e. The fourth-order valence-corrected chi connectivity index (χ4v) is 5.73. The fraction of sp³-hybridized carbons (Fsp3) is 0.839. The van der Waals surface area contributed by atoms with Crippen LogP contribution >= 0.6 is 0 Å². The van der Waals surface area contributed by atoms with Crippen molar-refractivity contribution in [3.05, 3.63) is 12.0 Å². The van der Waals surface area contributed by atoms with Crippen LogP contribution in [0.5, 0.6) is 0 Å². The van der Waals surface area contributed by atoms with Crippen molar-refractivity contribution >= 4 is 18.0 Å². The second kappa shape index (κ2) is 16.2. The van der Waals surface area contributed by atoms with E-state index >= 15 is 0 Å². The molecule has 0 radical (unpaired) electrons. The minimum atomic E-state index is -1.55. The Morgan fingerprint density at radius 2 is 1.73 bits per heavy atom. The quantitative estimate of drug-likeness (QED) is 0.109. The molecule has 3 rings (SSSR count). The Bertz CT molecular complexity index is 1150. The van der Waals surface area contributed by atoms with E-state index in [1.807, 2.05) is 0 Å². The predicted octanol–water partition coefficient (Wildman–Crippen LogP) is -0.266. The maximum Gasteiger partial charge on any atom is 0.408 e. The number of ether oxygens (including phenoxy) is 6. The number of hydrogen-bond donors (Lipinski definition) is 8. The number of aliphatic imine (C=N–C) groups is 1. The van der Waals surface area contributed by atoms with Gasteiger partial charge in [0.25, 0.3) is 5.95 Å². The molecule has 10 atom stereocenters. The molecule has 1 saturated heterocycles. The van der Waals surface area contributed by atoms with Crippen LogP contribution in [0.1, 0.15) is 67.7 Å². The molecule has 1 saturated carbocycles. The summed E-state index contributed by atoms with van der Waals surface area (Å²) >= 11 is 0. The molecule has 2 aliphatic heterocycles. The number of nitrogens with one attached hydrogen (secondary N) is 3. The van der Waals surface area contributed by atoms with Crippen LogP contribution in [-0.4, -0.2) is 137 Å². The predicted molar refractivity (Wildman–Crippen MR) is 172 cm³/mol. The monoisotopic (exact) mass is 689 g/mol. The molecule has 9 N–H and O–H groups in total. The molecule has 2 heterocycles. The lowest BCUT2D eigenvalue weighted by molar-refractivity contribution is -0.298. The number of alkyl carbamates (subject to hydrolysis) is 2. The van der Waals surface area contributed by atoms with Gasteiger partial charge >= 0.3 is 12.2 Å². The van der Waals surface area contributed by atoms with Crippen molar-refractivity contribution < 1.29 is 58.4 Å². The van der Waals surface area contributed by atoms with Crippen molar-refractivity contribution in [2.45, 2.75) is 139 Å². The lowest BCUT2D eigenvalue weighted by atomic mass is 9.83. The summed E-state index contributed by atoms with van der Waals surface area (Å²) in [5, 5.41) is 51.5. The number of aliphatic hydroxyl groups is 4. The van der Waals surface area contributed by atoms with Gasteiger partial charge in [-0.15, -0.1) is 0 Å². The molecule has 3 aliphatic rings. The van der Waals surface area contributed by atoms with Gasteiger partial charge in [-0.1, -0.05) is 0 Å². The summed E-state index contributed by atoms with van der Waals surface area (Å²) in [6.45, 7) is 11.2. The van der Waals surface area contributed by atoms with Gasteiger partial charge in [0, 0.05) is 0 Å². The first-order chi connectivity index (χ1) is 22.2. The molecule has 2 amide bonds. The number of rotatable bonds is 10. The molecular formula is C31H55N5O12. The fourth-order valence-electron chi connectivity index (χ4n) is 5.73. The van der Waals surface area contributed by atoms with Gasteiger partial charge in [-0.05, 0) is 80.9 Å². The van der Waals surface area contributed by atoms with Crippen LogP contribution in [0.4, 0.5) is 9.59 Å². The molecular weight excluding hydrogens is 634 g/mol. The van der Waals surface area contributed by atoms with Crippen molar-refractivity contribution in [3.63, 3.8) is 0 Å². The number of nitrogens with zero attached hydrogens (tertiary/aromatic N) is 1. The van der Waals surface area contributed by atoms with Gasteiger partial charge in [0.1, 0.15) is 53.7 Å². The highest BCUT2D eigenvalue weighted by atomic mass is 16.7. The maximum absolute atomic E-state index is 12.9. The second-order valence-corrected chi connectivity index (χ2v) is 14.5. The molecule has 0 aromatic rings. The Morgan fingerprint density at radius 1 is 1.08 bits per heavy atom. The number of aliphatic hydroxyl groups excluding tert-OH is 3.